The smallest absolute Gasteiger partial charge is 0.109 e. The average molecular weight is 719 g/mol. The summed E-state index contributed by atoms with van der Waals surface area (Å²) in [5.74, 6) is 0. The number of aryl methyl sites for hydroxylation is 2. The highest BCUT2D eigenvalue weighted by Crippen LogP contribution is 2.20. The molecule has 2 aliphatic heterocycles. The highest BCUT2D eigenvalue weighted by atomic mass is 16.6. The van der Waals surface area contributed by atoms with Crippen molar-refractivity contribution < 1.29 is 59.8 Å². The summed E-state index contributed by atoms with van der Waals surface area (Å²) in [5, 5.41) is 95.3. The highest BCUT2D eigenvalue weighted by molar-refractivity contribution is 4.95. The SMILES string of the molecule is OC[C@@H]1[C@@H](O)[C@H](O)[C@@H](O)CN1CCCn1cc(COCCOCCOCCOCc2cn(CCCN3C[C@H](O)[C@@H](O)[C@H](O)[C@H]3CO)nn2)nn1. The lowest BCUT2D eigenvalue weighted by molar-refractivity contribution is -0.145. The Morgan fingerprint density at radius 3 is 1.30 bits per heavy atom. The van der Waals surface area contributed by atoms with Crippen LogP contribution in [0.15, 0.2) is 12.4 Å². The van der Waals surface area contributed by atoms with Crippen molar-refractivity contribution in [1.29, 1.82) is 0 Å². The molecule has 0 amide bonds. The number of β-amino-alcohol motifs (C(OH)–C–C–N with tert-alkyl or cyclic N) is 2. The van der Waals surface area contributed by atoms with Gasteiger partial charge in [-0.1, -0.05) is 10.4 Å². The van der Waals surface area contributed by atoms with Gasteiger partial charge < -0.3 is 59.8 Å². The molecule has 4 heterocycles. The zero-order chi connectivity index (χ0) is 35.9. The predicted molar refractivity (Wildman–Crippen MR) is 171 cm³/mol. The molecular weight excluding hydrogens is 664 g/mol. The molecule has 0 saturated carbocycles. The molecule has 0 aliphatic carbocycles. The number of ether oxygens (including phenoxy) is 4. The molecule has 50 heavy (non-hydrogen) atoms. The van der Waals surface area contributed by atoms with Crippen molar-refractivity contribution in [3.8, 4) is 0 Å². The molecule has 286 valence electrons. The van der Waals surface area contributed by atoms with Gasteiger partial charge in [-0.15, -0.1) is 10.2 Å². The van der Waals surface area contributed by atoms with E-state index in [1.54, 1.807) is 31.6 Å². The summed E-state index contributed by atoms with van der Waals surface area (Å²) in [6.45, 7) is 4.73. The lowest BCUT2D eigenvalue weighted by Gasteiger charge is -2.43. The van der Waals surface area contributed by atoms with E-state index in [2.05, 4.69) is 20.6 Å². The quantitative estimate of drug-likeness (QED) is 0.0500. The second kappa shape index (κ2) is 21.3. The summed E-state index contributed by atoms with van der Waals surface area (Å²) in [4.78, 5) is 3.54. The van der Waals surface area contributed by atoms with E-state index in [0.717, 1.165) is 0 Å². The summed E-state index contributed by atoms with van der Waals surface area (Å²) < 4.78 is 25.6. The number of rotatable bonds is 23. The summed E-state index contributed by atoms with van der Waals surface area (Å²) in [7, 11) is 0. The van der Waals surface area contributed by atoms with Crippen LogP contribution in [0.2, 0.25) is 0 Å². The number of aliphatic hydroxyl groups is 8. The van der Waals surface area contributed by atoms with Gasteiger partial charge >= 0.3 is 0 Å². The molecule has 0 spiro atoms. The zero-order valence-corrected chi connectivity index (χ0v) is 28.3. The van der Waals surface area contributed by atoms with Gasteiger partial charge in [-0.25, -0.2) is 0 Å². The molecule has 0 radical (unpaired) electrons. The Morgan fingerprint density at radius 2 is 0.920 bits per heavy atom. The first-order chi connectivity index (χ1) is 24.2. The Labute approximate surface area is 290 Å². The summed E-state index contributed by atoms with van der Waals surface area (Å²) in [6, 6.07) is -1.26. The Bertz CT molecular complexity index is 1120. The van der Waals surface area contributed by atoms with E-state index in [-0.39, 0.29) is 39.5 Å². The van der Waals surface area contributed by atoms with Gasteiger partial charge in [0.15, 0.2) is 0 Å². The van der Waals surface area contributed by atoms with Crippen molar-refractivity contribution in [1.82, 2.24) is 39.8 Å². The van der Waals surface area contributed by atoms with Crippen molar-refractivity contribution in [2.45, 2.75) is 87.9 Å². The van der Waals surface area contributed by atoms with Crippen LogP contribution in [0, 0.1) is 0 Å². The number of likely N-dealkylation sites (tertiary alicyclic amines) is 2. The maximum absolute atomic E-state index is 10.1. The minimum Gasteiger partial charge on any atom is -0.395 e. The fraction of sp³-hybridized carbons (Fsp3) is 0.867. The Hall–Kier alpha value is -2.28. The number of nitrogens with zero attached hydrogens (tertiary/aromatic N) is 8. The van der Waals surface area contributed by atoms with E-state index in [9.17, 15) is 40.9 Å². The minimum atomic E-state index is -1.27. The van der Waals surface area contributed by atoms with Crippen molar-refractivity contribution in [3.63, 3.8) is 0 Å². The Kier molecular flexibility index (Phi) is 17.2. The second-order valence-corrected chi connectivity index (χ2v) is 12.6. The fourth-order valence-electron chi connectivity index (χ4n) is 6.08. The monoisotopic (exact) mass is 718 g/mol. The molecule has 2 aromatic rings. The van der Waals surface area contributed by atoms with Crippen LogP contribution in [0.25, 0.3) is 0 Å². The van der Waals surface area contributed by atoms with Crippen LogP contribution in [-0.4, -0.2) is 208 Å². The van der Waals surface area contributed by atoms with Crippen LogP contribution >= 0.6 is 0 Å². The largest absolute Gasteiger partial charge is 0.395 e. The minimum absolute atomic E-state index is 0.169. The van der Waals surface area contributed by atoms with Gasteiger partial charge in [0.05, 0.1) is 103 Å². The molecule has 8 N–H and O–H groups in total. The summed E-state index contributed by atoms with van der Waals surface area (Å²) in [5.41, 5.74) is 1.34. The van der Waals surface area contributed by atoms with Crippen molar-refractivity contribution in [2.75, 3.05) is 79.0 Å². The lowest BCUT2D eigenvalue weighted by Crippen LogP contribution is -2.62. The normalized spacial score (nSPS) is 28.1. The first kappa shape index (κ1) is 40.5. The number of piperidine rings is 2. The van der Waals surface area contributed by atoms with Crippen LogP contribution in [-0.2, 0) is 45.3 Å². The maximum atomic E-state index is 10.1. The third-order valence-corrected chi connectivity index (χ3v) is 8.89. The molecule has 2 fully saturated rings. The summed E-state index contributed by atoms with van der Waals surface area (Å²) >= 11 is 0. The molecule has 0 aromatic carbocycles. The average Bonchev–Trinajstić information content (AvgIpc) is 3.76. The maximum Gasteiger partial charge on any atom is 0.109 e. The lowest BCUT2D eigenvalue weighted by atomic mass is 9.94. The van der Waals surface area contributed by atoms with Crippen LogP contribution in [0.3, 0.4) is 0 Å². The highest BCUT2D eigenvalue weighted by Gasteiger charge is 2.41. The Balaban J connectivity index is 0.949. The van der Waals surface area contributed by atoms with Gasteiger partial charge in [-0.2, -0.15) is 0 Å². The first-order valence-corrected chi connectivity index (χ1v) is 17.1. The molecule has 20 nitrogen and oxygen atoms in total. The third kappa shape index (κ3) is 12.2. The number of hydrogen-bond acceptors (Lipinski definition) is 18. The first-order valence-electron chi connectivity index (χ1n) is 17.1. The second-order valence-electron chi connectivity index (χ2n) is 12.6. The van der Waals surface area contributed by atoms with Gasteiger partial charge in [0.25, 0.3) is 0 Å². The van der Waals surface area contributed by atoms with E-state index in [4.69, 9.17) is 18.9 Å². The standard InChI is InChI=1S/C30H54N8O12/c39-17-23-27(43)29(45)25(41)15-35(23)3-1-5-37-13-21(31-33-37)19-49-11-9-47-7-8-48-10-12-50-20-22-14-38(34-32-22)6-2-4-36-16-26(42)30(46)28(44)24(36)18-40/h13-14,23-30,39-46H,1-12,15-20H2/t23-,24-,25+,26+,27-,28-,29-,30-/m1/s1. The molecule has 0 unspecified atom stereocenters. The molecular formula is C30H54N8O12. The summed E-state index contributed by atoms with van der Waals surface area (Å²) in [6.07, 6.45) is -2.26. The molecule has 20 heteroatoms. The zero-order valence-electron chi connectivity index (χ0n) is 28.3. The van der Waals surface area contributed by atoms with E-state index >= 15 is 0 Å². The molecule has 8 atom stereocenters. The van der Waals surface area contributed by atoms with Crippen molar-refractivity contribution >= 4 is 0 Å². The van der Waals surface area contributed by atoms with Gasteiger partial charge in [-0.3, -0.25) is 19.2 Å². The predicted octanol–water partition coefficient (Wildman–Crippen LogP) is -5.07. The topological polar surface area (TPSA) is 267 Å². The number of hydrogen-bond donors (Lipinski definition) is 8. The van der Waals surface area contributed by atoms with Gasteiger partial charge in [0.2, 0.25) is 0 Å². The van der Waals surface area contributed by atoms with E-state index in [0.29, 0.717) is 90.0 Å². The van der Waals surface area contributed by atoms with Gasteiger partial charge in [-0.05, 0) is 12.8 Å². The third-order valence-electron chi connectivity index (χ3n) is 8.89. The molecule has 2 aromatic heterocycles. The molecule has 4 rings (SSSR count). The van der Waals surface area contributed by atoms with Crippen LogP contribution < -0.4 is 0 Å². The van der Waals surface area contributed by atoms with Crippen LogP contribution in [0.4, 0.5) is 0 Å². The van der Waals surface area contributed by atoms with E-state index in [1.165, 1.54) is 0 Å². The van der Waals surface area contributed by atoms with Gasteiger partial charge in [0, 0.05) is 39.3 Å². The molecule has 2 aliphatic rings. The van der Waals surface area contributed by atoms with Crippen molar-refractivity contribution in [3.05, 3.63) is 23.8 Å². The van der Waals surface area contributed by atoms with Crippen LogP contribution in [0.1, 0.15) is 24.2 Å². The van der Waals surface area contributed by atoms with E-state index < -0.39 is 48.7 Å². The molecule has 2 saturated heterocycles. The van der Waals surface area contributed by atoms with E-state index in [1.807, 2.05) is 0 Å². The fourth-order valence-corrected chi connectivity index (χ4v) is 6.08. The number of aromatic nitrogens is 6. The Morgan fingerprint density at radius 1 is 0.540 bits per heavy atom. The van der Waals surface area contributed by atoms with Gasteiger partial charge in [0.1, 0.15) is 35.8 Å². The molecule has 0 bridgehead atoms. The van der Waals surface area contributed by atoms with Crippen LogP contribution in [0.5, 0.6) is 0 Å². The van der Waals surface area contributed by atoms with Crippen molar-refractivity contribution in [2.24, 2.45) is 0 Å². The number of aliphatic hydroxyl groups excluding tert-OH is 8.